The molecule has 0 fully saturated rings. The number of amides is 1. The second-order valence-corrected chi connectivity index (χ2v) is 7.03. The lowest BCUT2D eigenvalue weighted by Gasteiger charge is -2.08. The lowest BCUT2D eigenvalue weighted by molar-refractivity contribution is 0.102. The Morgan fingerprint density at radius 3 is 2.54 bits per heavy atom. The second kappa shape index (κ2) is 8.06. The van der Waals surface area contributed by atoms with Crippen LogP contribution in [0, 0.1) is 0 Å². The van der Waals surface area contributed by atoms with Crippen LogP contribution < -0.4 is 10.1 Å². The lowest BCUT2D eigenvalue weighted by atomic mass is 10.1. The highest BCUT2D eigenvalue weighted by atomic mass is 32.1. The summed E-state index contributed by atoms with van der Waals surface area (Å²) in [6, 6.07) is 24.9. The average Bonchev–Trinajstić information content (AvgIpc) is 3.25. The highest BCUT2D eigenvalue weighted by Gasteiger charge is 2.10. The molecule has 3 aromatic carbocycles. The number of anilines is 1. The molecule has 0 atom stereocenters. The van der Waals surface area contributed by atoms with E-state index in [-0.39, 0.29) is 5.91 Å². The minimum Gasteiger partial charge on any atom is -0.497 e. The highest BCUT2D eigenvalue weighted by molar-refractivity contribution is 7.13. The van der Waals surface area contributed by atoms with Gasteiger partial charge in [0.1, 0.15) is 10.8 Å². The zero-order chi connectivity index (χ0) is 19.3. The first kappa shape index (κ1) is 17.9. The summed E-state index contributed by atoms with van der Waals surface area (Å²) in [5.74, 6) is 0.469. The quantitative estimate of drug-likeness (QED) is 0.476. The molecule has 0 saturated carbocycles. The summed E-state index contributed by atoms with van der Waals surface area (Å²) in [5, 5.41) is 5.95. The van der Waals surface area contributed by atoms with E-state index < -0.39 is 0 Å². The molecule has 0 bridgehead atoms. The fourth-order valence-corrected chi connectivity index (χ4v) is 3.68. The maximum absolute atomic E-state index is 12.5. The Morgan fingerprint density at radius 2 is 1.71 bits per heavy atom. The van der Waals surface area contributed by atoms with Crippen molar-refractivity contribution in [3.63, 3.8) is 0 Å². The summed E-state index contributed by atoms with van der Waals surface area (Å²) in [5.41, 5.74) is 4.22. The number of thiazole rings is 1. The molecular formula is C23H18N2O2S. The molecule has 28 heavy (non-hydrogen) atoms. The number of hydrogen-bond acceptors (Lipinski definition) is 4. The molecule has 1 heterocycles. The van der Waals surface area contributed by atoms with Crippen LogP contribution in [-0.4, -0.2) is 18.0 Å². The van der Waals surface area contributed by atoms with Crippen LogP contribution in [-0.2, 0) is 0 Å². The first-order valence-corrected chi connectivity index (χ1v) is 9.68. The molecule has 4 nitrogen and oxygen atoms in total. The predicted molar refractivity (Wildman–Crippen MR) is 114 cm³/mol. The van der Waals surface area contributed by atoms with Crippen molar-refractivity contribution in [2.24, 2.45) is 0 Å². The number of benzene rings is 3. The molecule has 0 saturated heterocycles. The lowest BCUT2D eigenvalue weighted by Crippen LogP contribution is -2.11. The van der Waals surface area contributed by atoms with E-state index in [4.69, 9.17) is 9.72 Å². The van der Waals surface area contributed by atoms with Gasteiger partial charge in [0.15, 0.2) is 0 Å². The van der Waals surface area contributed by atoms with E-state index in [0.29, 0.717) is 11.3 Å². The Labute approximate surface area is 167 Å². The maximum atomic E-state index is 12.5. The monoisotopic (exact) mass is 386 g/mol. The normalized spacial score (nSPS) is 10.5. The van der Waals surface area contributed by atoms with Crippen LogP contribution in [0.15, 0.2) is 84.2 Å². The molecule has 1 N–H and O–H groups in total. The van der Waals surface area contributed by atoms with E-state index >= 15 is 0 Å². The number of aromatic nitrogens is 1. The van der Waals surface area contributed by atoms with Gasteiger partial charge in [-0.2, -0.15) is 0 Å². The number of carbonyl (C=O) groups excluding carboxylic acids is 1. The summed E-state index contributed by atoms with van der Waals surface area (Å²) in [4.78, 5) is 17.3. The Balaban J connectivity index is 1.55. The van der Waals surface area contributed by atoms with E-state index in [2.05, 4.69) is 5.32 Å². The number of nitrogens with zero attached hydrogens (tertiary/aromatic N) is 1. The Hall–Kier alpha value is -3.44. The van der Waals surface area contributed by atoms with Crippen molar-refractivity contribution in [2.45, 2.75) is 0 Å². The van der Waals surface area contributed by atoms with Crippen molar-refractivity contribution in [1.82, 2.24) is 4.98 Å². The van der Waals surface area contributed by atoms with Gasteiger partial charge in [0, 0.05) is 27.8 Å². The number of nitrogens with one attached hydrogen (secondary N) is 1. The summed E-state index contributed by atoms with van der Waals surface area (Å²) < 4.78 is 5.18. The predicted octanol–water partition coefficient (Wildman–Crippen LogP) is 5.74. The molecule has 4 aromatic rings. The molecule has 0 aliphatic heterocycles. The van der Waals surface area contributed by atoms with Crippen molar-refractivity contribution < 1.29 is 9.53 Å². The largest absolute Gasteiger partial charge is 0.497 e. The van der Waals surface area contributed by atoms with Gasteiger partial charge < -0.3 is 10.1 Å². The third-order valence-electron chi connectivity index (χ3n) is 4.27. The molecular weight excluding hydrogens is 368 g/mol. The number of methoxy groups -OCH3 is 1. The summed E-state index contributed by atoms with van der Waals surface area (Å²) in [6.07, 6.45) is 0. The van der Waals surface area contributed by atoms with Crippen molar-refractivity contribution in [3.8, 4) is 27.6 Å². The fourth-order valence-electron chi connectivity index (χ4n) is 2.84. The second-order valence-electron chi connectivity index (χ2n) is 6.17. The molecule has 5 heteroatoms. The number of rotatable bonds is 5. The Bertz CT molecular complexity index is 1110. The van der Waals surface area contributed by atoms with Crippen LogP contribution in [0.3, 0.4) is 0 Å². The minimum absolute atomic E-state index is 0.181. The van der Waals surface area contributed by atoms with Crippen LogP contribution >= 0.6 is 11.3 Å². The van der Waals surface area contributed by atoms with Gasteiger partial charge in [0.25, 0.3) is 5.91 Å². The van der Waals surface area contributed by atoms with Crippen molar-refractivity contribution in [1.29, 1.82) is 0 Å². The van der Waals surface area contributed by atoms with Crippen LogP contribution in [0.4, 0.5) is 5.69 Å². The maximum Gasteiger partial charge on any atom is 0.255 e. The van der Waals surface area contributed by atoms with E-state index in [0.717, 1.165) is 27.5 Å². The number of ether oxygens (including phenoxy) is 1. The van der Waals surface area contributed by atoms with Gasteiger partial charge >= 0.3 is 0 Å². The Kier molecular flexibility index (Phi) is 5.17. The molecule has 0 spiro atoms. The van der Waals surface area contributed by atoms with Crippen LogP contribution in [0.2, 0.25) is 0 Å². The average molecular weight is 386 g/mol. The molecule has 0 aliphatic rings. The van der Waals surface area contributed by atoms with Crippen LogP contribution in [0.1, 0.15) is 10.4 Å². The third kappa shape index (κ3) is 3.94. The SMILES string of the molecule is COc1cccc(C(=O)Nc2cccc(-c3csc(-c4ccccc4)n3)c2)c1. The van der Waals surface area contributed by atoms with Gasteiger partial charge in [-0.1, -0.05) is 48.5 Å². The van der Waals surface area contributed by atoms with Gasteiger partial charge in [-0.15, -0.1) is 11.3 Å². The third-order valence-corrected chi connectivity index (χ3v) is 5.16. The zero-order valence-corrected chi connectivity index (χ0v) is 16.1. The van der Waals surface area contributed by atoms with Crippen molar-refractivity contribution in [2.75, 3.05) is 12.4 Å². The Morgan fingerprint density at radius 1 is 0.929 bits per heavy atom. The smallest absolute Gasteiger partial charge is 0.255 e. The first-order chi connectivity index (χ1) is 13.7. The minimum atomic E-state index is -0.181. The summed E-state index contributed by atoms with van der Waals surface area (Å²) in [6.45, 7) is 0. The summed E-state index contributed by atoms with van der Waals surface area (Å²) in [7, 11) is 1.58. The first-order valence-electron chi connectivity index (χ1n) is 8.80. The van der Waals surface area contributed by atoms with Crippen LogP contribution in [0.5, 0.6) is 5.75 Å². The molecule has 4 rings (SSSR count). The fraction of sp³-hybridized carbons (Fsp3) is 0.0435. The van der Waals surface area contributed by atoms with Crippen molar-refractivity contribution >= 4 is 22.9 Å². The van der Waals surface area contributed by atoms with Crippen molar-refractivity contribution in [3.05, 3.63) is 89.8 Å². The van der Waals surface area contributed by atoms with E-state index in [1.54, 1.807) is 36.6 Å². The van der Waals surface area contributed by atoms with Gasteiger partial charge in [-0.3, -0.25) is 4.79 Å². The topological polar surface area (TPSA) is 51.2 Å². The standard InChI is InChI=1S/C23H18N2O2S/c1-27-20-12-6-10-18(14-20)22(26)24-19-11-5-9-17(13-19)21-15-28-23(25-21)16-7-3-2-4-8-16/h2-15H,1H3,(H,24,26). The van der Waals surface area contributed by atoms with Gasteiger partial charge in [-0.05, 0) is 30.3 Å². The molecule has 138 valence electrons. The molecule has 1 amide bonds. The molecule has 0 aliphatic carbocycles. The van der Waals surface area contributed by atoms with Gasteiger partial charge in [0.2, 0.25) is 0 Å². The van der Waals surface area contributed by atoms with E-state index in [9.17, 15) is 4.79 Å². The van der Waals surface area contributed by atoms with E-state index in [1.165, 1.54) is 0 Å². The van der Waals surface area contributed by atoms with Crippen LogP contribution in [0.25, 0.3) is 21.8 Å². The molecule has 1 aromatic heterocycles. The van der Waals surface area contributed by atoms with Gasteiger partial charge in [-0.25, -0.2) is 4.98 Å². The summed E-state index contributed by atoms with van der Waals surface area (Å²) >= 11 is 1.61. The highest BCUT2D eigenvalue weighted by Crippen LogP contribution is 2.30. The van der Waals surface area contributed by atoms with Gasteiger partial charge in [0.05, 0.1) is 12.8 Å². The number of hydrogen-bond donors (Lipinski definition) is 1. The molecule has 0 radical (unpaired) electrons. The van der Waals surface area contributed by atoms with E-state index in [1.807, 2.05) is 66.0 Å². The zero-order valence-electron chi connectivity index (χ0n) is 15.3. The number of carbonyl (C=O) groups is 1. The molecule has 0 unspecified atom stereocenters.